The highest BCUT2D eigenvalue weighted by molar-refractivity contribution is 6.17. The zero-order valence-corrected chi connectivity index (χ0v) is 8.79. The lowest BCUT2D eigenvalue weighted by Gasteiger charge is -1.98. The first-order chi connectivity index (χ1) is 6.86. The van der Waals surface area contributed by atoms with Crippen LogP contribution in [0.4, 0.5) is 0 Å². The molecular formula is C10H15ClO3. The molecule has 4 heteroatoms. The van der Waals surface area contributed by atoms with Gasteiger partial charge in [-0.25, -0.2) is 0 Å². The predicted octanol–water partition coefficient (Wildman–Crippen LogP) is 1.96. The molecular weight excluding hydrogens is 204 g/mol. The van der Waals surface area contributed by atoms with Gasteiger partial charge in [-0.05, 0) is 18.6 Å². The molecule has 1 rings (SSSR count). The Bertz CT molecular complexity index is 247. The molecule has 0 aliphatic rings. The summed E-state index contributed by atoms with van der Waals surface area (Å²) >= 11 is 5.57. The molecule has 14 heavy (non-hydrogen) atoms. The zero-order chi connectivity index (χ0) is 10.2. The van der Waals surface area contributed by atoms with Crippen LogP contribution in [0.25, 0.3) is 0 Å². The van der Waals surface area contributed by atoms with Crippen molar-refractivity contribution in [1.29, 1.82) is 0 Å². The first-order valence-electron chi connectivity index (χ1n) is 4.69. The minimum Gasteiger partial charge on any atom is -0.464 e. The first-order valence-corrected chi connectivity index (χ1v) is 5.22. The fourth-order valence-corrected chi connectivity index (χ4v) is 1.25. The number of ether oxygens (including phenoxy) is 1. The molecule has 0 aliphatic carbocycles. The summed E-state index contributed by atoms with van der Waals surface area (Å²) in [7, 11) is 0. The summed E-state index contributed by atoms with van der Waals surface area (Å²) in [5, 5.41) is 8.50. The summed E-state index contributed by atoms with van der Waals surface area (Å²) in [6.07, 6.45) is 1.79. The van der Waals surface area contributed by atoms with Crippen molar-refractivity contribution < 1.29 is 14.3 Å². The van der Waals surface area contributed by atoms with Gasteiger partial charge in [0.2, 0.25) is 0 Å². The normalized spacial score (nSPS) is 10.7. The van der Waals surface area contributed by atoms with Crippen LogP contribution >= 0.6 is 11.6 Å². The molecule has 0 aliphatic heterocycles. The highest BCUT2D eigenvalue weighted by Gasteiger charge is 2.01. The summed E-state index contributed by atoms with van der Waals surface area (Å²) in [6.45, 7) is 0.805. The number of furan rings is 1. The first kappa shape index (κ1) is 11.6. The average molecular weight is 219 g/mol. The zero-order valence-electron chi connectivity index (χ0n) is 8.04. The van der Waals surface area contributed by atoms with E-state index in [1.165, 1.54) is 0 Å². The van der Waals surface area contributed by atoms with Crippen LogP contribution < -0.4 is 0 Å². The lowest BCUT2D eigenvalue weighted by atomic mass is 10.3. The Hall–Kier alpha value is -0.510. The van der Waals surface area contributed by atoms with Crippen molar-refractivity contribution in [2.75, 3.05) is 19.1 Å². The number of halogens is 1. The van der Waals surface area contributed by atoms with Gasteiger partial charge in [0, 0.05) is 12.3 Å². The van der Waals surface area contributed by atoms with Gasteiger partial charge in [-0.3, -0.25) is 0 Å². The van der Waals surface area contributed by atoms with Crippen LogP contribution in [0.5, 0.6) is 0 Å². The van der Waals surface area contributed by atoms with E-state index in [0.29, 0.717) is 19.1 Å². The van der Waals surface area contributed by atoms with E-state index < -0.39 is 0 Å². The molecule has 0 saturated heterocycles. The fourth-order valence-electron chi connectivity index (χ4n) is 1.11. The van der Waals surface area contributed by atoms with Crippen LogP contribution in [0.3, 0.4) is 0 Å². The molecule has 0 fully saturated rings. The summed E-state index contributed by atoms with van der Waals surface area (Å²) in [5.41, 5.74) is 0. The molecule has 0 aromatic carbocycles. The summed E-state index contributed by atoms with van der Waals surface area (Å²) in [6, 6.07) is 3.82. The van der Waals surface area contributed by atoms with Gasteiger partial charge in [0.05, 0.1) is 13.2 Å². The molecule has 0 spiro atoms. The largest absolute Gasteiger partial charge is 0.464 e. The summed E-state index contributed by atoms with van der Waals surface area (Å²) < 4.78 is 10.6. The molecule has 0 saturated carbocycles. The third-order valence-electron chi connectivity index (χ3n) is 1.75. The Balaban J connectivity index is 2.27. The highest BCUT2D eigenvalue weighted by Crippen LogP contribution is 2.11. The van der Waals surface area contributed by atoms with Crippen molar-refractivity contribution in [3.63, 3.8) is 0 Å². The van der Waals surface area contributed by atoms with Crippen molar-refractivity contribution in [3.05, 3.63) is 23.7 Å². The van der Waals surface area contributed by atoms with Crippen LogP contribution in [-0.4, -0.2) is 24.2 Å². The van der Waals surface area contributed by atoms with Crippen molar-refractivity contribution >= 4 is 11.6 Å². The maximum absolute atomic E-state index is 8.50. The van der Waals surface area contributed by atoms with Gasteiger partial charge in [0.15, 0.2) is 0 Å². The molecule has 80 valence electrons. The van der Waals surface area contributed by atoms with Crippen molar-refractivity contribution in [3.8, 4) is 0 Å². The second-order valence-electron chi connectivity index (χ2n) is 2.94. The Morgan fingerprint density at radius 1 is 1.36 bits per heavy atom. The van der Waals surface area contributed by atoms with E-state index in [0.717, 1.165) is 24.4 Å². The maximum Gasteiger partial charge on any atom is 0.129 e. The standard InChI is InChI=1S/C10H15ClO3/c11-5-1-2-9-3-4-10(14-9)8-13-7-6-12/h3-4,12H,1-2,5-8H2. The Morgan fingerprint density at radius 3 is 2.86 bits per heavy atom. The van der Waals surface area contributed by atoms with Crippen molar-refractivity contribution in [1.82, 2.24) is 0 Å². The van der Waals surface area contributed by atoms with Crippen LogP contribution in [0, 0.1) is 0 Å². The predicted molar refractivity (Wildman–Crippen MR) is 54.5 cm³/mol. The molecule has 0 amide bonds. The number of aliphatic hydroxyl groups excluding tert-OH is 1. The fraction of sp³-hybridized carbons (Fsp3) is 0.600. The quantitative estimate of drug-likeness (QED) is 0.562. The third kappa shape index (κ3) is 4.13. The molecule has 0 bridgehead atoms. The Morgan fingerprint density at radius 2 is 2.14 bits per heavy atom. The molecule has 3 nitrogen and oxygen atoms in total. The average Bonchev–Trinajstić information content (AvgIpc) is 2.63. The molecule has 0 radical (unpaired) electrons. The van der Waals surface area contributed by atoms with Crippen LogP contribution in [0.2, 0.25) is 0 Å². The minimum absolute atomic E-state index is 0.0415. The van der Waals surface area contributed by atoms with Gasteiger partial charge in [0.25, 0.3) is 0 Å². The summed E-state index contributed by atoms with van der Waals surface area (Å²) in [5.74, 6) is 2.38. The van der Waals surface area contributed by atoms with E-state index in [1.54, 1.807) is 0 Å². The van der Waals surface area contributed by atoms with Gasteiger partial charge in [-0.1, -0.05) is 0 Å². The smallest absolute Gasteiger partial charge is 0.129 e. The lowest BCUT2D eigenvalue weighted by molar-refractivity contribution is 0.0709. The van der Waals surface area contributed by atoms with Crippen LogP contribution in [0.1, 0.15) is 17.9 Å². The number of aryl methyl sites for hydroxylation is 1. The number of aliphatic hydroxyl groups is 1. The molecule has 1 N–H and O–H groups in total. The molecule has 0 unspecified atom stereocenters. The van der Waals surface area contributed by atoms with E-state index in [4.69, 9.17) is 25.9 Å². The molecule has 1 aromatic rings. The monoisotopic (exact) mass is 218 g/mol. The van der Waals surface area contributed by atoms with Crippen molar-refractivity contribution in [2.24, 2.45) is 0 Å². The van der Waals surface area contributed by atoms with Gasteiger partial charge in [-0.15, -0.1) is 11.6 Å². The Labute approximate surface area is 88.6 Å². The van der Waals surface area contributed by atoms with Gasteiger partial charge < -0.3 is 14.3 Å². The third-order valence-corrected chi connectivity index (χ3v) is 2.02. The lowest BCUT2D eigenvalue weighted by Crippen LogP contribution is -1.98. The minimum atomic E-state index is 0.0415. The molecule has 1 aromatic heterocycles. The summed E-state index contributed by atoms with van der Waals surface area (Å²) in [4.78, 5) is 0. The van der Waals surface area contributed by atoms with E-state index >= 15 is 0 Å². The van der Waals surface area contributed by atoms with Gasteiger partial charge in [-0.2, -0.15) is 0 Å². The SMILES string of the molecule is OCCOCc1ccc(CCCCl)o1. The molecule has 0 atom stereocenters. The van der Waals surface area contributed by atoms with Crippen LogP contribution in [-0.2, 0) is 17.8 Å². The Kier molecular flexibility index (Phi) is 5.68. The second-order valence-corrected chi connectivity index (χ2v) is 3.31. The maximum atomic E-state index is 8.50. The van der Waals surface area contributed by atoms with Gasteiger partial charge >= 0.3 is 0 Å². The van der Waals surface area contributed by atoms with Crippen LogP contribution in [0.15, 0.2) is 16.5 Å². The second kappa shape index (κ2) is 6.87. The van der Waals surface area contributed by atoms with E-state index in [2.05, 4.69) is 0 Å². The molecule has 1 heterocycles. The number of alkyl halides is 1. The topological polar surface area (TPSA) is 42.6 Å². The van der Waals surface area contributed by atoms with Crippen molar-refractivity contribution in [2.45, 2.75) is 19.4 Å². The van der Waals surface area contributed by atoms with E-state index in [-0.39, 0.29) is 6.61 Å². The number of rotatable bonds is 7. The highest BCUT2D eigenvalue weighted by atomic mass is 35.5. The van der Waals surface area contributed by atoms with E-state index in [9.17, 15) is 0 Å². The van der Waals surface area contributed by atoms with E-state index in [1.807, 2.05) is 12.1 Å². The number of hydrogen-bond donors (Lipinski definition) is 1. The number of hydrogen-bond acceptors (Lipinski definition) is 3. The van der Waals surface area contributed by atoms with Gasteiger partial charge in [0.1, 0.15) is 18.1 Å².